The van der Waals surface area contributed by atoms with Gasteiger partial charge in [-0.05, 0) is 29.8 Å². The molecule has 1 aliphatic rings. The van der Waals surface area contributed by atoms with Crippen molar-refractivity contribution in [1.82, 2.24) is 4.90 Å². The number of nitrogens with zero attached hydrogens (tertiary/aromatic N) is 1. The number of rotatable bonds is 4. The van der Waals surface area contributed by atoms with Gasteiger partial charge in [0.1, 0.15) is 17.3 Å². The van der Waals surface area contributed by atoms with E-state index in [0.717, 1.165) is 0 Å². The van der Waals surface area contributed by atoms with Gasteiger partial charge in [0.25, 0.3) is 11.7 Å². The number of carbonyl (C=O) groups is 2. The number of phenolic OH excluding ortho intramolecular Hbond substituents is 1. The Hall–Kier alpha value is -3.80. The fourth-order valence-electron chi connectivity index (χ4n) is 3.41. The van der Waals surface area contributed by atoms with Crippen LogP contribution in [0.3, 0.4) is 0 Å². The standard InChI is InChI=1S/C22H17NO5/c24-16-9-4-8-15(12-16)19-18(20(25)14-6-2-1-3-7-14)21(26)22(27)23(19)13-17-10-5-11-28-17/h1-12,19,24-25H,13H2/b20-18-. The van der Waals surface area contributed by atoms with Crippen molar-refractivity contribution in [1.29, 1.82) is 0 Å². The van der Waals surface area contributed by atoms with Crippen molar-refractivity contribution in [2.24, 2.45) is 0 Å². The molecule has 2 N–H and O–H groups in total. The Morgan fingerprint density at radius 1 is 1.00 bits per heavy atom. The zero-order chi connectivity index (χ0) is 19.7. The molecule has 0 radical (unpaired) electrons. The van der Waals surface area contributed by atoms with Gasteiger partial charge in [-0.1, -0.05) is 42.5 Å². The highest BCUT2D eigenvalue weighted by molar-refractivity contribution is 6.46. The summed E-state index contributed by atoms with van der Waals surface area (Å²) in [5.41, 5.74) is 0.931. The number of Topliss-reactive ketones (excluding diaryl/α,β-unsaturated/α-hetero) is 1. The first-order valence-corrected chi connectivity index (χ1v) is 8.71. The Morgan fingerprint density at radius 3 is 2.46 bits per heavy atom. The number of ketones is 1. The van der Waals surface area contributed by atoms with Crippen molar-refractivity contribution in [2.45, 2.75) is 12.6 Å². The van der Waals surface area contributed by atoms with Gasteiger partial charge in [0.05, 0.1) is 24.4 Å². The van der Waals surface area contributed by atoms with Gasteiger partial charge < -0.3 is 19.5 Å². The van der Waals surface area contributed by atoms with Crippen LogP contribution in [0.15, 0.2) is 83.0 Å². The van der Waals surface area contributed by atoms with E-state index in [1.165, 1.54) is 23.3 Å². The van der Waals surface area contributed by atoms with Crippen LogP contribution in [0.5, 0.6) is 5.75 Å². The van der Waals surface area contributed by atoms with Crippen molar-refractivity contribution in [2.75, 3.05) is 0 Å². The number of aliphatic hydroxyl groups excluding tert-OH is 1. The largest absolute Gasteiger partial charge is 0.508 e. The fourth-order valence-corrected chi connectivity index (χ4v) is 3.41. The molecule has 6 nitrogen and oxygen atoms in total. The highest BCUT2D eigenvalue weighted by atomic mass is 16.3. The molecule has 1 aliphatic heterocycles. The van der Waals surface area contributed by atoms with Gasteiger partial charge in [-0.25, -0.2) is 0 Å². The number of carbonyl (C=O) groups excluding carboxylic acids is 2. The summed E-state index contributed by atoms with van der Waals surface area (Å²) in [6.07, 6.45) is 1.49. The number of likely N-dealkylation sites (tertiary alicyclic amines) is 1. The van der Waals surface area contributed by atoms with E-state index in [2.05, 4.69) is 0 Å². The summed E-state index contributed by atoms with van der Waals surface area (Å²) in [7, 11) is 0. The van der Waals surface area contributed by atoms with Crippen LogP contribution in [0.25, 0.3) is 5.76 Å². The second-order valence-electron chi connectivity index (χ2n) is 6.47. The zero-order valence-corrected chi connectivity index (χ0v) is 14.8. The highest BCUT2D eigenvalue weighted by Gasteiger charge is 2.46. The van der Waals surface area contributed by atoms with Gasteiger partial charge in [0, 0.05) is 5.56 Å². The third-order valence-electron chi connectivity index (χ3n) is 4.68. The van der Waals surface area contributed by atoms with Crippen LogP contribution in [-0.4, -0.2) is 26.8 Å². The van der Waals surface area contributed by atoms with Crippen molar-refractivity contribution in [3.63, 3.8) is 0 Å². The molecule has 1 saturated heterocycles. The molecule has 2 heterocycles. The topological polar surface area (TPSA) is 91.0 Å². The maximum atomic E-state index is 12.8. The molecular formula is C22H17NO5. The number of furan rings is 1. The number of hydrogen-bond donors (Lipinski definition) is 2. The molecule has 6 heteroatoms. The quantitative estimate of drug-likeness (QED) is 0.413. The molecule has 1 atom stereocenters. The summed E-state index contributed by atoms with van der Waals surface area (Å²) in [5, 5.41) is 20.8. The van der Waals surface area contributed by atoms with Crippen LogP contribution in [-0.2, 0) is 16.1 Å². The lowest BCUT2D eigenvalue weighted by molar-refractivity contribution is -0.140. The maximum Gasteiger partial charge on any atom is 0.296 e. The minimum atomic E-state index is -0.850. The number of aliphatic hydroxyl groups is 1. The number of benzene rings is 2. The molecule has 1 aromatic heterocycles. The smallest absolute Gasteiger partial charge is 0.296 e. The van der Waals surface area contributed by atoms with E-state index >= 15 is 0 Å². The predicted molar refractivity (Wildman–Crippen MR) is 101 cm³/mol. The molecule has 140 valence electrons. The molecule has 0 saturated carbocycles. The first kappa shape index (κ1) is 17.6. The van der Waals surface area contributed by atoms with Crippen LogP contribution in [0.2, 0.25) is 0 Å². The molecule has 1 amide bonds. The Morgan fingerprint density at radius 2 is 1.79 bits per heavy atom. The van der Waals surface area contributed by atoms with E-state index in [4.69, 9.17) is 4.42 Å². The van der Waals surface area contributed by atoms with E-state index in [9.17, 15) is 19.8 Å². The maximum absolute atomic E-state index is 12.8. The molecule has 3 aromatic rings. The summed E-state index contributed by atoms with van der Waals surface area (Å²) < 4.78 is 5.33. The van der Waals surface area contributed by atoms with E-state index in [-0.39, 0.29) is 23.6 Å². The highest BCUT2D eigenvalue weighted by Crippen LogP contribution is 2.40. The first-order chi connectivity index (χ1) is 13.6. The Kier molecular flexibility index (Phi) is 4.45. The lowest BCUT2D eigenvalue weighted by Gasteiger charge is -2.24. The summed E-state index contributed by atoms with van der Waals surface area (Å²) >= 11 is 0. The van der Waals surface area contributed by atoms with Gasteiger partial charge in [-0.15, -0.1) is 0 Å². The summed E-state index contributed by atoms with van der Waals surface area (Å²) in [6.45, 7) is 0.0590. The first-order valence-electron chi connectivity index (χ1n) is 8.71. The summed E-state index contributed by atoms with van der Waals surface area (Å²) in [4.78, 5) is 26.9. The van der Waals surface area contributed by atoms with E-state index in [0.29, 0.717) is 16.9 Å². The van der Waals surface area contributed by atoms with Gasteiger partial charge in [0.15, 0.2) is 0 Å². The Bertz CT molecular complexity index is 1050. The van der Waals surface area contributed by atoms with Crippen LogP contribution < -0.4 is 0 Å². The lowest BCUT2D eigenvalue weighted by atomic mass is 9.95. The zero-order valence-electron chi connectivity index (χ0n) is 14.8. The van der Waals surface area contributed by atoms with Crippen molar-refractivity contribution in [3.05, 3.63) is 95.5 Å². The molecule has 2 aromatic carbocycles. The molecule has 0 spiro atoms. The number of amides is 1. The fraction of sp³-hybridized carbons (Fsp3) is 0.0909. The monoisotopic (exact) mass is 375 g/mol. The van der Waals surface area contributed by atoms with Crippen LogP contribution in [0, 0.1) is 0 Å². The summed E-state index contributed by atoms with van der Waals surface area (Å²) in [6, 6.07) is 17.4. The molecule has 1 unspecified atom stereocenters. The average molecular weight is 375 g/mol. The van der Waals surface area contributed by atoms with E-state index in [1.54, 1.807) is 54.6 Å². The van der Waals surface area contributed by atoms with Crippen LogP contribution >= 0.6 is 0 Å². The van der Waals surface area contributed by atoms with E-state index < -0.39 is 17.7 Å². The second kappa shape index (κ2) is 7.08. The third kappa shape index (κ3) is 3.05. The van der Waals surface area contributed by atoms with Crippen LogP contribution in [0.4, 0.5) is 0 Å². The second-order valence-corrected chi connectivity index (χ2v) is 6.47. The van der Waals surface area contributed by atoms with Crippen molar-refractivity contribution < 1.29 is 24.2 Å². The third-order valence-corrected chi connectivity index (χ3v) is 4.68. The SMILES string of the molecule is O=C1C(=O)N(Cc2ccco2)C(c2cccc(O)c2)/C1=C(/O)c1ccccc1. The molecular weight excluding hydrogens is 358 g/mol. The molecule has 28 heavy (non-hydrogen) atoms. The number of hydrogen-bond acceptors (Lipinski definition) is 5. The molecule has 0 bridgehead atoms. The minimum absolute atomic E-state index is 0.000738. The normalized spacial score (nSPS) is 18.6. The molecule has 1 fully saturated rings. The van der Waals surface area contributed by atoms with E-state index in [1.807, 2.05) is 0 Å². The number of phenols is 1. The van der Waals surface area contributed by atoms with Gasteiger partial charge >= 0.3 is 0 Å². The average Bonchev–Trinajstić information content (AvgIpc) is 3.30. The van der Waals surface area contributed by atoms with Crippen molar-refractivity contribution >= 4 is 17.4 Å². The van der Waals surface area contributed by atoms with Crippen molar-refractivity contribution in [3.8, 4) is 5.75 Å². The van der Waals surface area contributed by atoms with Gasteiger partial charge in [-0.3, -0.25) is 9.59 Å². The molecule has 4 rings (SSSR count). The minimum Gasteiger partial charge on any atom is -0.508 e. The number of aromatic hydroxyl groups is 1. The lowest BCUT2D eigenvalue weighted by Crippen LogP contribution is -2.29. The molecule has 0 aliphatic carbocycles. The van der Waals surface area contributed by atoms with Gasteiger partial charge in [0.2, 0.25) is 0 Å². The Labute approximate surface area is 161 Å². The summed E-state index contributed by atoms with van der Waals surface area (Å²) in [5.74, 6) is -1.26. The predicted octanol–water partition coefficient (Wildman–Crippen LogP) is 3.61. The van der Waals surface area contributed by atoms with Gasteiger partial charge in [-0.2, -0.15) is 0 Å². The Balaban J connectivity index is 1.88. The van der Waals surface area contributed by atoms with Crippen LogP contribution in [0.1, 0.15) is 22.9 Å².